The van der Waals surface area contributed by atoms with E-state index in [1.807, 2.05) is 12.1 Å². The fourth-order valence-electron chi connectivity index (χ4n) is 4.49. The molecular weight excluding hydrogens is 376 g/mol. The third kappa shape index (κ3) is 6.31. The predicted molar refractivity (Wildman–Crippen MR) is 117 cm³/mol. The van der Waals surface area contributed by atoms with Gasteiger partial charge in [-0.05, 0) is 49.9 Å². The van der Waals surface area contributed by atoms with Crippen molar-refractivity contribution in [1.82, 2.24) is 9.80 Å². The Morgan fingerprint density at radius 1 is 0.733 bits per heavy atom. The van der Waals surface area contributed by atoms with E-state index in [0.29, 0.717) is 0 Å². The molecule has 0 saturated carbocycles. The van der Waals surface area contributed by atoms with Crippen LogP contribution >= 0.6 is 0 Å². The van der Waals surface area contributed by atoms with Crippen LogP contribution in [-0.2, 0) is 22.6 Å². The smallest absolute Gasteiger partial charge is 0.430 e. The molecule has 2 atom stereocenters. The highest BCUT2D eigenvalue weighted by Gasteiger charge is 2.27. The highest BCUT2D eigenvalue weighted by molar-refractivity contribution is 5.60. The van der Waals surface area contributed by atoms with Gasteiger partial charge in [0.1, 0.15) is 12.2 Å². The number of hydrogen-bond donors (Lipinski definition) is 0. The van der Waals surface area contributed by atoms with Crippen LogP contribution in [0.25, 0.3) is 0 Å². The first-order valence-electron chi connectivity index (χ1n) is 11.1. The second kappa shape index (κ2) is 10.6. The van der Waals surface area contributed by atoms with Crippen LogP contribution in [0.15, 0.2) is 60.7 Å². The lowest BCUT2D eigenvalue weighted by Gasteiger charge is -2.34. The van der Waals surface area contributed by atoms with Gasteiger partial charge in [-0.3, -0.25) is 9.80 Å². The number of carbonyl (C=O) groups excluding carboxylic acids is 1. The van der Waals surface area contributed by atoms with E-state index in [4.69, 9.17) is 9.47 Å². The summed E-state index contributed by atoms with van der Waals surface area (Å²) in [6.07, 6.45) is 3.22. The van der Waals surface area contributed by atoms with Crippen molar-refractivity contribution in [1.29, 1.82) is 0 Å². The highest BCUT2D eigenvalue weighted by Crippen LogP contribution is 2.19. The lowest BCUT2D eigenvalue weighted by molar-refractivity contribution is -0.0391. The number of nitrogens with zero attached hydrogens (tertiary/aromatic N) is 2. The monoisotopic (exact) mass is 408 g/mol. The maximum Gasteiger partial charge on any atom is 0.508 e. The molecule has 2 aliphatic rings. The van der Waals surface area contributed by atoms with Crippen LogP contribution in [0.1, 0.15) is 36.8 Å². The number of hydrogen-bond acceptors (Lipinski definition) is 5. The summed E-state index contributed by atoms with van der Waals surface area (Å²) < 4.78 is 11.4. The molecule has 5 heteroatoms. The Bertz CT molecular complexity index is 718. The van der Waals surface area contributed by atoms with Crippen molar-refractivity contribution < 1.29 is 14.3 Å². The summed E-state index contributed by atoms with van der Waals surface area (Å²) in [5, 5.41) is 0. The molecule has 0 aliphatic carbocycles. The summed E-state index contributed by atoms with van der Waals surface area (Å²) in [5.41, 5.74) is 2.59. The fraction of sp³-hybridized carbons (Fsp3) is 0.480. The molecule has 2 unspecified atom stereocenters. The van der Waals surface area contributed by atoms with Crippen molar-refractivity contribution in [2.45, 2.75) is 51.0 Å². The predicted octanol–water partition coefficient (Wildman–Crippen LogP) is 4.47. The molecule has 5 nitrogen and oxygen atoms in total. The zero-order valence-electron chi connectivity index (χ0n) is 17.6. The van der Waals surface area contributed by atoms with E-state index < -0.39 is 6.16 Å². The normalized spacial score (nSPS) is 23.1. The SMILES string of the molecule is O=C(OC1CCCN(Cc2ccccc2)C1)OC1CCCN(Cc2ccccc2)C1. The number of rotatable bonds is 6. The van der Waals surface area contributed by atoms with E-state index in [-0.39, 0.29) is 12.2 Å². The average molecular weight is 409 g/mol. The van der Waals surface area contributed by atoms with Crippen molar-refractivity contribution in [2.24, 2.45) is 0 Å². The molecule has 0 amide bonds. The first kappa shape index (κ1) is 20.9. The zero-order valence-corrected chi connectivity index (χ0v) is 17.6. The van der Waals surface area contributed by atoms with Crippen molar-refractivity contribution in [2.75, 3.05) is 26.2 Å². The van der Waals surface area contributed by atoms with Gasteiger partial charge in [0.05, 0.1) is 0 Å². The van der Waals surface area contributed by atoms with Crippen LogP contribution in [0, 0.1) is 0 Å². The van der Waals surface area contributed by atoms with Crippen LogP contribution in [0.2, 0.25) is 0 Å². The topological polar surface area (TPSA) is 42.0 Å². The first-order valence-corrected chi connectivity index (χ1v) is 11.1. The third-order valence-corrected chi connectivity index (χ3v) is 5.95. The minimum atomic E-state index is -0.506. The Morgan fingerprint density at radius 3 is 1.60 bits per heavy atom. The molecule has 0 spiro atoms. The zero-order chi connectivity index (χ0) is 20.6. The minimum Gasteiger partial charge on any atom is -0.430 e. The van der Waals surface area contributed by atoms with Crippen LogP contribution in [0.4, 0.5) is 4.79 Å². The summed E-state index contributed by atoms with van der Waals surface area (Å²) in [4.78, 5) is 17.1. The van der Waals surface area contributed by atoms with Gasteiger partial charge in [-0.15, -0.1) is 0 Å². The largest absolute Gasteiger partial charge is 0.508 e. The van der Waals surface area contributed by atoms with Crippen molar-refractivity contribution in [3.63, 3.8) is 0 Å². The molecule has 2 aromatic rings. The number of piperidine rings is 2. The first-order chi connectivity index (χ1) is 14.7. The molecule has 0 aromatic heterocycles. The second-order valence-electron chi connectivity index (χ2n) is 8.46. The standard InChI is InChI=1S/C25H32N2O3/c28-25(29-23-13-7-15-26(19-23)17-21-9-3-1-4-10-21)30-24-14-8-16-27(20-24)18-22-11-5-2-6-12-22/h1-6,9-12,23-24H,7-8,13-20H2. The molecule has 2 aromatic carbocycles. The van der Waals surface area contributed by atoms with Gasteiger partial charge in [-0.25, -0.2) is 4.79 Å². The van der Waals surface area contributed by atoms with E-state index in [1.165, 1.54) is 11.1 Å². The quantitative estimate of drug-likeness (QED) is 0.660. The van der Waals surface area contributed by atoms with Crippen molar-refractivity contribution in [3.05, 3.63) is 71.8 Å². The minimum absolute atomic E-state index is 0.0843. The molecule has 2 heterocycles. The Kier molecular flexibility index (Phi) is 7.38. The van der Waals surface area contributed by atoms with E-state index in [1.54, 1.807) is 0 Å². The van der Waals surface area contributed by atoms with E-state index in [2.05, 4.69) is 58.3 Å². The van der Waals surface area contributed by atoms with Crippen molar-refractivity contribution in [3.8, 4) is 0 Å². The summed E-state index contributed by atoms with van der Waals surface area (Å²) in [7, 11) is 0. The molecule has 30 heavy (non-hydrogen) atoms. The number of ether oxygens (including phenoxy) is 2. The molecule has 0 radical (unpaired) electrons. The van der Waals surface area contributed by atoms with E-state index in [9.17, 15) is 4.79 Å². The Morgan fingerprint density at radius 2 is 1.17 bits per heavy atom. The lowest BCUT2D eigenvalue weighted by atomic mass is 10.1. The van der Waals surface area contributed by atoms with Crippen LogP contribution in [-0.4, -0.2) is 54.3 Å². The van der Waals surface area contributed by atoms with Gasteiger partial charge in [0.2, 0.25) is 0 Å². The molecule has 0 bridgehead atoms. The van der Waals surface area contributed by atoms with Gasteiger partial charge in [-0.1, -0.05) is 60.7 Å². The molecule has 4 rings (SSSR count). The van der Waals surface area contributed by atoms with Crippen molar-refractivity contribution >= 4 is 6.16 Å². The Labute approximate surface area is 179 Å². The maximum atomic E-state index is 12.4. The Balaban J connectivity index is 1.22. The van der Waals surface area contributed by atoms with Gasteiger partial charge in [-0.2, -0.15) is 0 Å². The van der Waals surface area contributed by atoms with E-state index in [0.717, 1.165) is 65.0 Å². The summed E-state index contributed by atoms with van der Waals surface area (Å²) in [6.45, 7) is 5.42. The third-order valence-electron chi connectivity index (χ3n) is 5.95. The number of carbonyl (C=O) groups is 1. The fourth-order valence-corrected chi connectivity index (χ4v) is 4.49. The van der Waals surface area contributed by atoms with Gasteiger partial charge in [0, 0.05) is 26.2 Å². The summed E-state index contributed by atoms with van der Waals surface area (Å²) >= 11 is 0. The molecule has 2 fully saturated rings. The van der Waals surface area contributed by atoms with Gasteiger partial charge >= 0.3 is 6.16 Å². The maximum absolute atomic E-state index is 12.4. The Hall–Kier alpha value is -2.37. The highest BCUT2D eigenvalue weighted by atomic mass is 16.7. The summed E-state index contributed by atoms with van der Waals surface area (Å²) in [5.74, 6) is 0. The van der Waals surface area contributed by atoms with Gasteiger partial charge in [0.15, 0.2) is 0 Å². The number of likely N-dealkylation sites (tertiary alicyclic amines) is 2. The van der Waals surface area contributed by atoms with Gasteiger partial charge in [0.25, 0.3) is 0 Å². The summed E-state index contributed by atoms with van der Waals surface area (Å²) in [6, 6.07) is 20.9. The van der Waals surface area contributed by atoms with Gasteiger partial charge < -0.3 is 9.47 Å². The van der Waals surface area contributed by atoms with Crippen LogP contribution in [0.5, 0.6) is 0 Å². The molecule has 160 valence electrons. The molecular formula is C25H32N2O3. The number of benzene rings is 2. The van der Waals surface area contributed by atoms with Crippen LogP contribution in [0.3, 0.4) is 0 Å². The molecule has 0 N–H and O–H groups in total. The average Bonchev–Trinajstić information content (AvgIpc) is 2.76. The van der Waals surface area contributed by atoms with Crippen LogP contribution < -0.4 is 0 Å². The van der Waals surface area contributed by atoms with E-state index >= 15 is 0 Å². The molecule has 2 saturated heterocycles. The second-order valence-corrected chi connectivity index (χ2v) is 8.46. The molecule has 2 aliphatic heterocycles. The lowest BCUT2D eigenvalue weighted by Crippen LogP contribution is -2.42.